The van der Waals surface area contributed by atoms with Gasteiger partial charge in [0.1, 0.15) is 4.90 Å². The van der Waals surface area contributed by atoms with E-state index in [1.54, 1.807) is 29.0 Å². The van der Waals surface area contributed by atoms with Crippen molar-refractivity contribution in [3.05, 3.63) is 65.3 Å². The molecule has 1 amide bonds. The first-order valence-electron chi connectivity index (χ1n) is 7.01. The van der Waals surface area contributed by atoms with Gasteiger partial charge in [-0.05, 0) is 18.2 Å². The van der Waals surface area contributed by atoms with Crippen molar-refractivity contribution in [3.8, 4) is 0 Å². The van der Waals surface area contributed by atoms with Crippen molar-refractivity contribution in [2.24, 2.45) is 7.05 Å². The van der Waals surface area contributed by atoms with Crippen molar-refractivity contribution in [3.63, 3.8) is 0 Å². The molecule has 2 N–H and O–H groups in total. The van der Waals surface area contributed by atoms with Gasteiger partial charge in [0.05, 0.1) is 10.6 Å². The van der Waals surface area contributed by atoms with Gasteiger partial charge in [-0.1, -0.05) is 41.9 Å². The van der Waals surface area contributed by atoms with Gasteiger partial charge in [-0.2, -0.15) is 0 Å². The Labute approximate surface area is 144 Å². The second kappa shape index (κ2) is 6.27. The van der Waals surface area contributed by atoms with Gasteiger partial charge >= 0.3 is 0 Å². The molecule has 0 fully saturated rings. The number of fused-ring (bicyclic) bond motifs is 1. The Bertz CT molecular complexity index is 1030. The Morgan fingerprint density at radius 2 is 1.75 bits per heavy atom. The number of halogens is 1. The van der Waals surface area contributed by atoms with Gasteiger partial charge < -0.3 is 4.57 Å². The fraction of sp³-hybridized carbons (Fsp3) is 0.0625. The highest BCUT2D eigenvalue weighted by Gasteiger charge is 2.20. The summed E-state index contributed by atoms with van der Waals surface area (Å²) in [6.07, 6.45) is 1.64. The Morgan fingerprint density at radius 1 is 1.08 bits per heavy atom. The number of rotatable bonds is 4. The Hall–Kier alpha value is -2.35. The predicted molar refractivity (Wildman–Crippen MR) is 92.2 cm³/mol. The number of nitrogens with zero attached hydrogens (tertiary/aromatic N) is 1. The van der Waals surface area contributed by atoms with Crippen LogP contribution in [-0.4, -0.2) is 18.9 Å². The van der Waals surface area contributed by atoms with Crippen LogP contribution in [-0.2, 0) is 17.1 Å². The number of aromatic nitrogens is 1. The molecule has 1 heterocycles. The molecule has 0 unspecified atom stereocenters. The van der Waals surface area contributed by atoms with Crippen LogP contribution in [0, 0.1) is 0 Å². The average molecular weight is 364 g/mol. The van der Waals surface area contributed by atoms with Gasteiger partial charge in [0.15, 0.2) is 0 Å². The summed E-state index contributed by atoms with van der Waals surface area (Å²) < 4.78 is 26.3. The van der Waals surface area contributed by atoms with E-state index in [9.17, 15) is 13.2 Å². The van der Waals surface area contributed by atoms with Crippen LogP contribution in [0.5, 0.6) is 0 Å². The Morgan fingerprint density at radius 3 is 2.50 bits per heavy atom. The van der Waals surface area contributed by atoms with E-state index < -0.39 is 15.9 Å². The van der Waals surface area contributed by atoms with Gasteiger partial charge in [0.25, 0.3) is 15.9 Å². The molecule has 2 aromatic carbocycles. The van der Waals surface area contributed by atoms with Crippen molar-refractivity contribution in [2.75, 3.05) is 0 Å². The number of aryl methyl sites for hydroxylation is 1. The zero-order valence-electron chi connectivity index (χ0n) is 12.7. The third-order valence-electron chi connectivity index (χ3n) is 3.57. The van der Waals surface area contributed by atoms with Crippen LogP contribution in [0.15, 0.2) is 59.6 Å². The summed E-state index contributed by atoms with van der Waals surface area (Å²) in [6, 6.07) is 13.3. The molecule has 0 radical (unpaired) electrons. The van der Waals surface area contributed by atoms with Crippen molar-refractivity contribution >= 4 is 38.4 Å². The molecule has 0 atom stereocenters. The largest absolute Gasteiger partial charge is 0.350 e. The van der Waals surface area contributed by atoms with Gasteiger partial charge in [-0.25, -0.2) is 8.42 Å². The lowest BCUT2D eigenvalue weighted by molar-refractivity contribution is 0.0946. The van der Waals surface area contributed by atoms with Crippen LogP contribution in [0.1, 0.15) is 10.4 Å². The first-order chi connectivity index (χ1) is 11.4. The molecule has 0 spiro atoms. The number of hydrogen-bond donors (Lipinski definition) is 2. The number of nitrogens with one attached hydrogen (secondary N) is 2. The van der Waals surface area contributed by atoms with E-state index in [-0.39, 0.29) is 9.92 Å². The monoisotopic (exact) mass is 363 g/mol. The summed E-state index contributed by atoms with van der Waals surface area (Å²) in [6.45, 7) is 0. The maximum Gasteiger partial charge on any atom is 0.268 e. The number of carbonyl (C=O) groups excluding carboxylic acids is 1. The van der Waals surface area contributed by atoms with Crippen molar-refractivity contribution < 1.29 is 13.2 Å². The van der Waals surface area contributed by atoms with Crippen LogP contribution in [0.2, 0.25) is 5.02 Å². The summed E-state index contributed by atoms with van der Waals surface area (Å²) in [4.78, 5) is 14.3. The summed E-state index contributed by atoms with van der Waals surface area (Å²) in [5, 5.41) is 0.804. The summed E-state index contributed by atoms with van der Waals surface area (Å²) in [5.74, 6) is -0.553. The number of hydrogen-bond acceptors (Lipinski definition) is 3. The van der Waals surface area contributed by atoms with Crippen molar-refractivity contribution in [2.45, 2.75) is 4.90 Å². The lowest BCUT2D eigenvalue weighted by Crippen LogP contribution is -2.41. The Kier molecular flexibility index (Phi) is 4.31. The molecule has 6 nitrogen and oxygen atoms in total. The summed E-state index contributed by atoms with van der Waals surface area (Å²) >= 11 is 5.89. The molecule has 1 aromatic heterocycles. The molecular weight excluding hydrogens is 350 g/mol. The van der Waals surface area contributed by atoms with Crippen LogP contribution in [0.3, 0.4) is 0 Å². The molecule has 0 saturated carbocycles. The second-order valence-electron chi connectivity index (χ2n) is 5.16. The van der Waals surface area contributed by atoms with Gasteiger partial charge in [-0.15, -0.1) is 4.83 Å². The van der Waals surface area contributed by atoms with E-state index in [2.05, 4.69) is 10.3 Å². The molecule has 0 aliphatic heterocycles. The lowest BCUT2D eigenvalue weighted by Gasteiger charge is -2.09. The molecule has 0 saturated heterocycles. The van der Waals surface area contributed by atoms with E-state index >= 15 is 0 Å². The first kappa shape index (κ1) is 16.5. The minimum absolute atomic E-state index is 0.0735. The first-order valence-corrected chi connectivity index (χ1v) is 8.87. The fourth-order valence-corrected chi connectivity index (χ4v) is 3.78. The third kappa shape index (κ3) is 3.01. The Balaban J connectivity index is 1.84. The predicted octanol–water partition coefficient (Wildman–Crippen LogP) is 2.46. The van der Waals surface area contributed by atoms with Crippen molar-refractivity contribution in [1.29, 1.82) is 0 Å². The van der Waals surface area contributed by atoms with Gasteiger partial charge in [-0.3, -0.25) is 10.2 Å². The molecule has 3 aromatic rings. The van der Waals surface area contributed by atoms with Crippen LogP contribution < -0.4 is 10.3 Å². The molecule has 8 heteroatoms. The number of sulfonamides is 1. The van der Waals surface area contributed by atoms with E-state index in [4.69, 9.17) is 11.6 Å². The number of para-hydroxylation sites is 1. The number of benzene rings is 2. The molecule has 3 rings (SSSR count). The SMILES string of the molecule is Cn1cc(C(=O)NNS(=O)(=O)c2ccccc2Cl)c2ccccc21. The summed E-state index contributed by atoms with van der Waals surface area (Å²) in [7, 11) is -2.15. The minimum atomic E-state index is -3.96. The minimum Gasteiger partial charge on any atom is -0.350 e. The lowest BCUT2D eigenvalue weighted by atomic mass is 10.2. The zero-order chi connectivity index (χ0) is 17.3. The highest BCUT2D eigenvalue weighted by Crippen LogP contribution is 2.21. The number of hydrazine groups is 1. The number of amides is 1. The highest BCUT2D eigenvalue weighted by atomic mass is 35.5. The standard InChI is InChI=1S/C16H14ClN3O3S/c1-20-10-12(11-6-2-4-8-14(11)20)16(21)18-19-24(22,23)15-9-5-3-7-13(15)17/h2-10,19H,1H3,(H,18,21). The van der Waals surface area contributed by atoms with E-state index in [1.807, 2.05) is 25.2 Å². The quantitative estimate of drug-likeness (QED) is 0.699. The molecule has 0 aliphatic rings. The number of carbonyl (C=O) groups is 1. The van der Waals surface area contributed by atoms with E-state index in [0.29, 0.717) is 5.56 Å². The topological polar surface area (TPSA) is 80.2 Å². The zero-order valence-corrected chi connectivity index (χ0v) is 14.2. The summed E-state index contributed by atoms with van der Waals surface area (Å²) in [5.41, 5.74) is 3.46. The average Bonchev–Trinajstić information content (AvgIpc) is 2.90. The maximum absolute atomic E-state index is 12.4. The molecule has 124 valence electrons. The smallest absolute Gasteiger partial charge is 0.268 e. The van der Waals surface area contributed by atoms with Crippen molar-refractivity contribution in [1.82, 2.24) is 14.8 Å². The van der Waals surface area contributed by atoms with Crippen LogP contribution >= 0.6 is 11.6 Å². The van der Waals surface area contributed by atoms with Gasteiger partial charge in [0.2, 0.25) is 0 Å². The normalized spacial score (nSPS) is 11.6. The van der Waals surface area contributed by atoms with Crippen LogP contribution in [0.4, 0.5) is 0 Å². The van der Waals surface area contributed by atoms with Gasteiger partial charge in [0, 0.05) is 24.1 Å². The van der Waals surface area contributed by atoms with E-state index in [1.165, 1.54) is 12.1 Å². The molecule has 0 bridgehead atoms. The maximum atomic E-state index is 12.4. The molecular formula is C16H14ClN3O3S. The highest BCUT2D eigenvalue weighted by molar-refractivity contribution is 7.89. The molecule has 24 heavy (non-hydrogen) atoms. The third-order valence-corrected chi connectivity index (χ3v) is 5.31. The second-order valence-corrected chi connectivity index (χ2v) is 7.22. The van der Waals surface area contributed by atoms with Crippen LogP contribution in [0.25, 0.3) is 10.9 Å². The molecule has 0 aliphatic carbocycles. The fourth-order valence-electron chi connectivity index (χ4n) is 2.42. The van der Waals surface area contributed by atoms with E-state index in [0.717, 1.165) is 10.9 Å².